The smallest absolute Gasteiger partial charge is 0.337 e. The van der Waals surface area contributed by atoms with Crippen molar-refractivity contribution in [2.75, 3.05) is 13.7 Å². The molecule has 0 saturated carbocycles. The number of hydrogen-bond donors (Lipinski definition) is 0. The van der Waals surface area contributed by atoms with E-state index < -0.39 is 24.4 Å². The summed E-state index contributed by atoms with van der Waals surface area (Å²) in [6.07, 6.45) is -0.245. The number of rotatable bonds is 7. The predicted octanol–water partition coefficient (Wildman–Crippen LogP) is 3.99. The van der Waals surface area contributed by atoms with Crippen LogP contribution in [0.25, 0.3) is 5.69 Å². The fourth-order valence-electron chi connectivity index (χ4n) is 3.38. The Morgan fingerprint density at radius 3 is 2.32 bits per heavy atom. The minimum Gasteiger partial charge on any atom is -0.465 e. The van der Waals surface area contributed by atoms with Crippen molar-refractivity contribution in [3.8, 4) is 5.69 Å². The van der Waals surface area contributed by atoms with Crippen molar-refractivity contribution in [3.05, 3.63) is 88.5 Å². The van der Waals surface area contributed by atoms with Crippen molar-refractivity contribution in [2.45, 2.75) is 20.3 Å². The molecule has 0 N–H and O–H groups in total. The number of carbonyl (C=O) groups is 3. The summed E-state index contributed by atoms with van der Waals surface area (Å²) in [4.78, 5) is 36.3. The van der Waals surface area contributed by atoms with E-state index in [-0.39, 0.29) is 17.8 Å². The quantitative estimate of drug-likeness (QED) is 0.424. The summed E-state index contributed by atoms with van der Waals surface area (Å²) < 4.78 is 25.3. The summed E-state index contributed by atoms with van der Waals surface area (Å²) in [6, 6.07) is 14.5. The Kier molecular flexibility index (Phi) is 6.65. The van der Waals surface area contributed by atoms with Crippen LogP contribution in [0.4, 0.5) is 4.39 Å². The Hall–Kier alpha value is -3.74. The van der Waals surface area contributed by atoms with Gasteiger partial charge in [-0.3, -0.25) is 9.59 Å². The molecule has 7 heteroatoms. The number of benzene rings is 2. The van der Waals surface area contributed by atoms with E-state index in [4.69, 9.17) is 9.47 Å². The van der Waals surface area contributed by atoms with Crippen LogP contribution in [0.3, 0.4) is 0 Å². The molecule has 160 valence electrons. The zero-order valence-corrected chi connectivity index (χ0v) is 17.5. The number of ether oxygens (including phenoxy) is 2. The highest BCUT2D eigenvalue weighted by Crippen LogP contribution is 2.22. The first-order valence-electron chi connectivity index (χ1n) is 9.61. The normalized spacial score (nSPS) is 10.6. The molecule has 1 heterocycles. The van der Waals surface area contributed by atoms with E-state index in [1.165, 1.54) is 25.3 Å². The molecule has 6 nitrogen and oxygen atoms in total. The second kappa shape index (κ2) is 9.38. The Morgan fingerprint density at radius 2 is 1.68 bits per heavy atom. The third kappa shape index (κ3) is 4.88. The highest BCUT2D eigenvalue weighted by atomic mass is 19.1. The minimum atomic E-state index is -0.675. The Morgan fingerprint density at radius 1 is 1.00 bits per heavy atom. The maximum Gasteiger partial charge on any atom is 0.337 e. The zero-order chi connectivity index (χ0) is 22.5. The van der Waals surface area contributed by atoms with Crippen LogP contribution in [0.15, 0.2) is 54.6 Å². The second-order valence-electron chi connectivity index (χ2n) is 7.01. The molecule has 31 heavy (non-hydrogen) atoms. The lowest BCUT2D eigenvalue weighted by Gasteiger charge is -2.11. The molecule has 0 spiro atoms. The molecule has 2 aromatic carbocycles. The van der Waals surface area contributed by atoms with Crippen LogP contribution in [0.1, 0.15) is 37.7 Å². The van der Waals surface area contributed by atoms with Crippen molar-refractivity contribution in [2.24, 2.45) is 0 Å². The minimum absolute atomic E-state index is 0.216. The van der Waals surface area contributed by atoms with E-state index in [0.717, 1.165) is 11.4 Å². The van der Waals surface area contributed by atoms with Crippen molar-refractivity contribution >= 4 is 17.7 Å². The van der Waals surface area contributed by atoms with Crippen LogP contribution in [0.2, 0.25) is 0 Å². The topological polar surface area (TPSA) is 74.6 Å². The number of Topliss-reactive ketones (excluding diaryl/α,β-unsaturated/α-hetero) is 1. The number of halogens is 1. The van der Waals surface area contributed by atoms with Crippen molar-refractivity contribution in [3.63, 3.8) is 0 Å². The van der Waals surface area contributed by atoms with Gasteiger partial charge in [0, 0.05) is 22.6 Å². The van der Waals surface area contributed by atoms with Crippen LogP contribution in [-0.4, -0.2) is 36.0 Å². The van der Waals surface area contributed by atoms with Gasteiger partial charge in [-0.15, -0.1) is 0 Å². The van der Waals surface area contributed by atoms with Gasteiger partial charge in [0.1, 0.15) is 5.82 Å². The number of aryl methyl sites for hydroxylation is 1. The van der Waals surface area contributed by atoms with Gasteiger partial charge in [0.25, 0.3) is 0 Å². The predicted molar refractivity (Wildman–Crippen MR) is 112 cm³/mol. The molecule has 0 bridgehead atoms. The molecular weight excluding hydrogens is 401 g/mol. The lowest BCUT2D eigenvalue weighted by atomic mass is 10.1. The monoisotopic (exact) mass is 423 g/mol. The summed E-state index contributed by atoms with van der Waals surface area (Å²) in [5.74, 6) is -1.95. The van der Waals surface area contributed by atoms with E-state index in [1.54, 1.807) is 43.3 Å². The summed E-state index contributed by atoms with van der Waals surface area (Å²) in [5, 5.41) is 0. The number of carbonyl (C=O) groups excluding carboxylic acids is 3. The maximum absolute atomic E-state index is 13.7. The number of hydrogen-bond acceptors (Lipinski definition) is 5. The molecule has 0 unspecified atom stereocenters. The first-order chi connectivity index (χ1) is 14.8. The van der Waals surface area contributed by atoms with Gasteiger partial charge >= 0.3 is 11.9 Å². The Balaban J connectivity index is 1.71. The molecule has 0 amide bonds. The standard InChI is InChI=1S/C24H22FNO5/c1-15-12-20(16(2)26(15)19-10-8-17(9-11-19)24(29)30-3)22(27)14-31-23(28)13-18-6-4-5-7-21(18)25/h4-12H,13-14H2,1-3H3. The van der Waals surface area contributed by atoms with E-state index in [9.17, 15) is 18.8 Å². The summed E-state index contributed by atoms with van der Waals surface area (Å²) in [6.45, 7) is 3.21. The number of esters is 2. The highest BCUT2D eigenvalue weighted by molar-refractivity contribution is 5.99. The summed E-state index contributed by atoms with van der Waals surface area (Å²) >= 11 is 0. The average Bonchev–Trinajstić information content (AvgIpc) is 3.07. The number of aromatic nitrogens is 1. The largest absolute Gasteiger partial charge is 0.465 e. The fraction of sp³-hybridized carbons (Fsp3) is 0.208. The maximum atomic E-state index is 13.7. The van der Waals surface area contributed by atoms with E-state index in [1.807, 2.05) is 11.5 Å². The third-order valence-corrected chi connectivity index (χ3v) is 4.94. The van der Waals surface area contributed by atoms with Gasteiger partial charge < -0.3 is 14.0 Å². The summed E-state index contributed by atoms with van der Waals surface area (Å²) in [7, 11) is 1.32. The molecule has 0 saturated heterocycles. The van der Waals surface area contributed by atoms with Crippen LogP contribution in [0.5, 0.6) is 0 Å². The molecule has 0 aliphatic rings. The Bertz CT molecular complexity index is 1130. The Labute approximate surface area is 179 Å². The number of ketones is 1. The molecule has 3 rings (SSSR count). The SMILES string of the molecule is COC(=O)c1ccc(-n2c(C)cc(C(=O)COC(=O)Cc3ccccc3F)c2C)cc1. The highest BCUT2D eigenvalue weighted by Gasteiger charge is 2.19. The van der Waals surface area contributed by atoms with E-state index in [2.05, 4.69) is 0 Å². The molecule has 0 aliphatic heterocycles. The lowest BCUT2D eigenvalue weighted by Crippen LogP contribution is -2.16. The molecule has 3 aromatic rings. The van der Waals surface area contributed by atoms with Gasteiger partial charge in [-0.2, -0.15) is 0 Å². The zero-order valence-electron chi connectivity index (χ0n) is 17.5. The van der Waals surface area contributed by atoms with Crippen LogP contribution < -0.4 is 0 Å². The van der Waals surface area contributed by atoms with Gasteiger partial charge in [-0.1, -0.05) is 18.2 Å². The second-order valence-corrected chi connectivity index (χ2v) is 7.01. The number of methoxy groups -OCH3 is 1. The fourth-order valence-corrected chi connectivity index (χ4v) is 3.38. The first kappa shape index (κ1) is 22.0. The van der Waals surface area contributed by atoms with E-state index >= 15 is 0 Å². The van der Waals surface area contributed by atoms with Crippen molar-refractivity contribution < 1.29 is 28.2 Å². The number of nitrogens with zero attached hydrogens (tertiary/aromatic N) is 1. The van der Waals surface area contributed by atoms with Gasteiger partial charge in [0.2, 0.25) is 5.78 Å². The van der Waals surface area contributed by atoms with Crippen molar-refractivity contribution in [1.29, 1.82) is 0 Å². The van der Waals surface area contributed by atoms with Crippen LogP contribution in [0, 0.1) is 19.7 Å². The average molecular weight is 423 g/mol. The molecule has 0 aliphatic carbocycles. The molecule has 1 aromatic heterocycles. The van der Waals surface area contributed by atoms with Gasteiger partial charge in [-0.25, -0.2) is 9.18 Å². The molecule has 0 radical (unpaired) electrons. The third-order valence-electron chi connectivity index (χ3n) is 4.94. The lowest BCUT2D eigenvalue weighted by molar-refractivity contribution is -0.141. The molecular formula is C24H22FNO5. The van der Waals surface area contributed by atoms with Gasteiger partial charge in [-0.05, 0) is 55.8 Å². The van der Waals surface area contributed by atoms with Crippen LogP contribution in [-0.2, 0) is 20.7 Å². The summed E-state index contributed by atoms with van der Waals surface area (Å²) in [5.41, 5.74) is 3.33. The van der Waals surface area contributed by atoms with Gasteiger partial charge in [0.05, 0.1) is 19.1 Å². The first-order valence-corrected chi connectivity index (χ1v) is 9.61. The van der Waals surface area contributed by atoms with E-state index in [0.29, 0.717) is 16.8 Å². The van der Waals surface area contributed by atoms with Crippen LogP contribution >= 0.6 is 0 Å². The van der Waals surface area contributed by atoms with Gasteiger partial charge in [0.15, 0.2) is 6.61 Å². The van der Waals surface area contributed by atoms with Crippen molar-refractivity contribution in [1.82, 2.24) is 4.57 Å². The molecule has 0 fully saturated rings. The molecule has 0 atom stereocenters.